The number of fused-ring (bicyclic) bond motifs is 9. The van der Waals surface area contributed by atoms with Crippen molar-refractivity contribution in [1.82, 2.24) is 19.5 Å². The van der Waals surface area contributed by atoms with Gasteiger partial charge in [-0.15, -0.1) is 0 Å². The van der Waals surface area contributed by atoms with Crippen molar-refractivity contribution < 1.29 is 0 Å². The highest BCUT2D eigenvalue weighted by molar-refractivity contribution is 5.97. The fourth-order valence-electron chi connectivity index (χ4n) is 8.69. The van der Waals surface area contributed by atoms with Crippen molar-refractivity contribution in [2.45, 2.75) is 5.41 Å². The molecule has 1 aliphatic heterocycles. The SMILES string of the molecule is c1ccc(-c2cc(-c3ccccc3)nc(-c3cccc(-c4nc5cccc6c5n4-c4ccccc4C64c5ccccc5-c5ccccc54)c3)n2)cc1. The zero-order valence-corrected chi connectivity index (χ0v) is 28.1. The Morgan fingerprint density at radius 1 is 0.385 bits per heavy atom. The molecule has 1 spiro atoms. The van der Waals surface area contributed by atoms with Gasteiger partial charge in [0.15, 0.2) is 5.82 Å². The van der Waals surface area contributed by atoms with Crippen molar-refractivity contribution in [3.05, 3.63) is 204 Å². The van der Waals surface area contributed by atoms with Crippen LogP contribution in [0.15, 0.2) is 182 Å². The smallest absolute Gasteiger partial charge is 0.160 e. The molecule has 0 saturated carbocycles. The molecule has 7 aromatic carbocycles. The first kappa shape index (κ1) is 28.9. The van der Waals surface area contributed by atoms with E-state index in [0.717, 1.165) is 56.2 Å². The summed E-state index contributed by atoms with van der Waals surface area (Å²) < 4.78 is 2.38. The molecular weight excluding hydrogens is 633 g/mol. The monoisotopic (exact) mass is 662 g/mol. The van der Waals surface area contributed by atoms with Gasteiger partial charge >= 0.3 is 0 Å². The van der Waals surface area contributed by atoms with Gasteiger partial charge in [-0.3, -0.25) is 4.57 Å². The number of rotatable bonds is 4. The molecular formula is C48H30N4. The zero-order chi connectivity index (χ0) is 34.2. The van der Waals surface area contributed by atoms with Crippen molar-refractivity contribution >= 4 is 11.0 Å². The minimum absolute atomic E-state index is 0.460. The summed E-state index contributed by atoms with van der Waals surface area (Å²) in [4.78, 5) is 15.7. The van der Waals surface area contributed by atoms with Gasteiger partial charge in [0.25, 0.3) is 0 Å². The first-order valence-corrected chi connectivity index (χ1v) is 17.7. The van der Waals surface area contributed by atoms with Crippen LogP contribution in [0.3, 0.4) is 0 Å². The van der Waals surface area contributed by atoms with Crippen molar-refractivity contribution in [2.24, 2.45) is 0 Å². The largest absolute Gasteiger partial charge is 0.292 e. The maximum Gasteiger partial charge on any atom is 0.160 e. The second-order valence-corrected chi connectivity index (χ2v) is 13.6. The van der Waals surface area contributed by atoms with Crippen molar-refractivity contribution in [1.29, 1.82) is 0 Å². The maximum absolute atomic E-state index is 5.41. The molecule has 4 heteroatoms. The molecule has 0 atom stereocenters. The number of aromatic nitrogens is 4. The molecule has 1 aliphatic carbocycles. The van der Waals surface area contributed by atoms with Crippen molar-refractivity contribution in [3.63, 3.8) is 0 Å². The van der Waals surface area contributed by atoms with Gasteiger partial charge in [0.2, 0.25) is 0 Å². The van der Waals surface area contributed by atoms with Crippen LogP contribution in [0.25, 0.3) is 73.1 Å². The number of hydrogen-bond acceptors (Lipinski definition) is 3. The van der Waals surface area contributed by atoms with E-state index in [1.807, 2.05) is 36.4 Å². The summed E-state index contributed by atoms with van der Waals surface area (Å²) in [5.41, 5.74) is 16.3. The predicted octanol–water partition coefficient (Wildman–Crippen LogP) is 11.2. The normalized spacial score (nSPS) is 13.2. The fourth-order valence-corrected chi connectivity index (χ4v) is 8.69. The van der Waals surface area contributed by atoms with Gasteiger partial charge in [-0.05, 0) is 57.6 Å². The third kappa shape index (κ3) is 4.00. The van der Waals surface area contributed by atoms with Crippen molar-refractivity contribution in [2.75, 3.05) is 0 Å². The Hall–Kier alpha value is -6.91. The molecule has 9 aromatic rings. The molecule has 3 heterocycles. The number of benzene rings is 7. The standard InChI is InChI=1S/C48H30N4/c1-3-15-31(16-4-1)42-30-43(32-17-5-2-6-18-32)50-46(49-42)33-19-13-20-34(29-33)47-51-41-27-14-26-40-45(41)52(47)44-28-12-11-25-39(44)48(40)37-23-9-7-21-35(37)36-22-8-10-24-38(36)48/h1-30H. The lowest BCUT2D eigenvalue weighted by atomic mass is 9.65. The second kappa shape index (κ2) is 11.0. The summed E-state index contributed by atoms with van der Waals surface area (Å²) in [5.74, 6) is 1.57. The van der Waals surface area contributed by atoms with Crippen LogP contribution in [-0.4, -0.2) is 19.5 Å². The van der Waals surface area contributed by atoms with Crippen LogP contribution in [0, 0.1) is 0 Å². The molecule has 0 radical (unpaired) electrons. The molecule has 242 valence electrons. The van der Waals surface area contributed by atoms with E-state index in [9.17, 15) is 0 Å². The third-order valence-corrected chi connectivity index (χ3v) is 10.8. The van der Waals surface area contributed by atoms with Crippen LogP contribution in [-0.2, 0) is 5.41 Å². The summed E-state index contributed by atoms with van der Waals surface area (Å²) >= 11 is 0. The van der Waals surface area contributed by atoms with Crippen molar-refractivity contribution in [3.8, 4) is 62.1 Å². The highest BCUT2D eigenvalue weighted by atomic mass is 15.1. The summed E-state index contributed by atoms with van der Waals surface area (Å²) in [5, 5.41) is 0. The molecule has 2 aromatic heterocycles. The first-order chi connectivity index (χ1) is 25.8. The number of nitrogens with zero attached hydrogens (tertiary/aromatic N) is 4. The van der Waals surface area contributed by atoms with E-state index in [2.05, 4.69) is 150 Å². The van der Waals surface area contributed by atoms with E-state index >= 15 is 0 Å². The molecule has 52 heavy (non-hydrogen) atoms. The van der Waals surface area contributed by atoms with E-state index < -0.39 is 5.41 Å². The average Bonchev–Trinajstić information content (AvgIpc) is 3.76. The summed E-state index contributed by atoms with van der Waals surface area (Å²) in [6, 6.07) is 64.6. The molecule has 4 nitrogen and oxygen atoms in total. The lowest BCUT2D eigenvalue weighted by molar-refractivity contribution is 0.746. The van der Waals surface area contributed by atoms with E-state index in [0.29, 0.717) is 5.82 Å². The van der Waals surface area contributed by atoms with Gasteiger partial charge < -0.3 is 0 Å². The summed E-state index contributed by atoms with van der Waals surface area (Å²) in [6.07, 6.45) is 0. The maximum atomic E-state index is 5.41. The quantitative estimate of drug-likeness (QED) is 0.188. The molecule has 0 saturated heterocycles. The summed E-state index contributed by atoms with van der Waals surface area (Å²) in [6.45, 7) is 0. The average molecular weight is 663 g/mol. The van der Waals surface area contributed by atoms with Gasteiger partial charge in [-0.1, -0.05) is 158 Å². The number of hydrogen-bond donors (Lipinski definition) is 0. The highest BCUT2D eigenvalue weighted by Crippen LogP contribution is 2.60. The fraction of sp³-hybridized carbons (Fsp3) is 0.0208. The Kier molecular flexibility index (Phi) is 6.13. The van der Waals surface area contributed by atoms with E-state index in [1.54, 1.807) is 0 Å². The second-order valence-electron chi connectivity index (χ2n) is 13.6. The van der Waals surface area contributed by atoms with Crippen LogP contribution < -0.4 is 0 Å². The molecule has 0 bridgehead atoms. The van der Waals surface area contributed by atoms with Crippen LogP contribution in [0.2, 0.25) is 0 Å². The Bertz CT molecular complexity index is 2750. The van der Waals surface area contributed by atoms with Crippen LogP contribution >= 0.6 is 0 Å². The van der Waals surface area contributed by atoms with E-state index in [4.69, 9.17) is 15.0 Å². The van der Waals surface area contributed by atoms with Gasteiger partial charge in [0, 0.05) is 22.3 Å². The Morgan fingerprint density at radius 3 is 1.58 bits per heavy atom. The summed E-state index contributed by atoms with van der Waals surface area (Å²) in [7, 11) is 0. The lowest BCUT2D eigenvalue weighted by Gasteiger charge is -2.39. The lowest BCUT2D eigenvalue weighted by Crippen LogP contribution is -2.33. The van der Waals surface area contributed by atoms with Gasteiger partial charge in [-0.2, -0.15) is 0 Å². The van der Waals surface area contributed by atoms with Crippen LogP contribution in [0.5, 0.6) is 0 Å². The minimum Gasteiger partial charge on any atom is -0.292 e. The molecule has 0 fully saturated rings. The number of imidazole rings is 1. The molecule has 0 amide bonds. The van der Waals surface area contributed by atoms with Crippen LogP contribution in [0.1, 0.15) is 22.3 Å². The zero-order valence-electron chi connectivity index (χ0n) is 28.1. The van der Waals surface area contributed by atoms with Gasteiger partial charge in [0.1, 0.15) is 5.82 Å². The van der Waals surface area contributed by atoms with E-state index in [-0.39, 0.29) is 0 Å². The first-order valence-electron chi connectivity index (χ1n) is 17.7. The van der Waals surface area contributed by atoms with Crippen LogP contribution in [0.4, 0.5) is 0 Å². The minimum atomic E-state index is -0.460. The Morgan fingerprint density at radius 2 is 0.904 bits per heavy atom. The predicted molar refractivity (Wildman–Crippen MR) is 209 cm³/mol. The van der Waals surface area contributed by atoms with Gasteiger partial charge in [0.05, 0.1) is 33.5 Å². The molecule has 0 unspecified atom stereocenters. The Balaban J connectivity index is 1.15. The Labute approximate surface area is 301 Å². The van der Waals surface area contributed by atoms with Gasteiger partial charge in [-0.25, -0.2) is 15.0 Å². The third-order valence-electron chi connectivity index (χ3n) is 10.8. The molecule has 11 rings (SSSR count). The van der Waals surface area contributed by atoms with E-state index in [1.165, 1.54) is 33.4 Å². The molecule has 0 N–H and O–H groups in total. The highest BCUT2D eigenvalue weighted by Gasteiger charge is 2.50. The molecule has 2 aliphatic rings. The topological polar surface area (TPSA) is 43.6 Å². The number of para-hydroxylation sites is 2.